The molecular formula is C27H21N5O6. The molecule has 0 aliphatic carbocycles. The lowest BCUT2D eigenvalue weighted by molar-refractivity contribution is -0.153. The minimum absolute atomic E-state index is 0.0560. The van der Waals surface area contributed by atoms with Crippen LogP contribution in [0.1, 0.15) is 12.0 Å². The van der Waals surface area contributed by atoms with E-state index < -0.39 is 23.4 Å². The van der Waals surface area contributed by atoms with Crippen LogP contribution in [0.15, 0.2) is 72.9 Å². The van der Waals surface area contributed by atoms with Crippen LogP contribution in [0.5, 0.6) is 17.2 Å². The maximum atomic E-state index is 12.6. The van der Waals surface area contributed by atoms with E-state index in [4.69, 9.17) is 19.5 Å². The lowest BCUT2D eigenvalue weighted by Crippen LogP contribution is -2.69. The van der Waals surface area contributed by atoms with Crippen molar-refractivity contribution in [2.45, 2.75) is 12.0 Å². The lowest BCUT2D eigenvalue weighted by Gasteiger charge is -2.34. The van der Waals surface area contributed by atoms with Crippen molar-refractivity contribution < 1.29 is 28.6 Å². The molecule has 1 saturated heterocycles. The van der Waals surface area contributed by atoms with Gasteiger partial charge in [0.15, 0.2) is 0 Å². The highest BCUT2D eigenvalue weighted by atomic mass is 16.5. The van der Waals surface area contributed by atoms with Crippen LogP contribution in [0.4, 0.5) is 4.79 Å². The van der Waals surface area contributed by atoms with E-state index in [0.29, 0.717) is 17.1 Å². The zero-order valence-electron chi connectivity index (χ0n) is 20.1. The number of carbonyl (C=O) groups is 3. The molecule has 0 saturated carbocycles. The number of hydrogen-bond donors (Lipinski definition) is 2. The maximum Gasteiger partial charge on any atom is 0.328 e. The number of nitrogens with zero attached hydrogens (tertiary/aromatic N) is 3. The van der Waals surface area contributed by atoms with Crippen molar-refractivity contribution in [2.75, 3.05) is 13.7 Å². The van der Waals surface area contributed by atoms with Crippen molar-refractivity contribution in [3.63, 3.8) is 0 Å². The number of urea groups is 1. The minimum atomic E-state index is -1.95. The highest BCUT2D eigenvalue weighted by Gasteiger charge is 2.52. The van der Waals surface area contributed by atoms with Gasteiger partial charge in [0.05, 0.1) is 29.4 Å². The quantitative estimate of drug-likeness (QED) is 0.343. The Morgan fingerprint density at radius 3 is 2.24 bits per heavy atom. The van der Waals surface area contributed by atoms with E-state index in [9.17, 15) is 14.4 Å². The number of ether oxygens (including phenoxy) is 3. The normalized spacial score (nSPS) is 14.5. The molecule has 0 spiro atoms. The summed E-state index contributed by atoms with van der Waals surface area (Å²) in [4.78, 5) is 36.6. The van der Waals surface area contributed by atoms with Crippen molar-refractivity contribution >= 4 is 28.7 Å². The number of hydrogen-bond acceptors (Lipinski definition) is 8. The van der Waals surface area contributed by atoms with Crippen LogP contribution in [-0.4, -0.2) is 46.9 Å². The first-order chi connectivity index (χ1) is 18.4. The van der Waals surface area contributed by atoms with Gasteiger partial charge in [0.2, 0.25) is 0 Å². The Morgan fingerprint density at radius 2 is 1.58 bits per heavy atom. The number of aromatic nitrogens is 2. The molecule has 1 fully saturated rings. The van der Waals surface area contributed by atoms with Gasteiger partial charge in [-0.3, -0.25) is 20.2 Å². The fourth-order valence-corrected chi connectivity index (χ4v) is 3.96. The Kier molecular flexibility index (Phi) is 6.47. The van der Waals surface area contributed by atoms with Crippen LogP contribution in [0, 0.1) is 11.3 Å². The summed E-state index contributed by atoms with van der Waals surface area (Å²) in [6.45, 7) is 0.0560. The molecule has 3 aromatic carbocycles. The molecule has 2 heterocycles. The van der Waals surface area contributed by atoms with Crippen molar-refractivity contribution in [1.29, 1.82) is 5.26 Å². The Balaban J connectivity index is 1.32. The van der Waals surface area contributed by atoms with Gasteiger partial charge >= 0.3 is 6.03 Å². The van der Waals surface area contributed by atoms with Gasteiger partial charge in [-0.1, -0.05) is 0 Å². The first-order valence-corrected chi connectivity index (χ1v) is 11.5. The molecule has 11 nitrogen and oxygen atoms in total. The number of nitriles is 1. The topological polar surface area (TPSA) is 145 Å². The Bertz CT molecular complexity index is 1550. The zero-order valence-corrected chi connectivity index (χ0v) is 20.1. The smallest absolute Gasteiger partial charge is 0.328 e. The summed E-state index contributed by atoms with van der Waals surface area (Å²) in [6.07, 6.45) is 1.77. The van der Waals surface area contributed by atoms with Gasteiger partial charge in [0, 0.05) is 25.1 Å². The lowest BCUT2D eigenvalue weighted by atomic mass is 9.95. The molecule has 2 N–H and O–H groups in total. The van der Waals surface area contributed by atoms with Gasteiger partial charge in [0.25, 0.3) is 17.4 Å². The third-order valence-corrected chi connectivity index (χ3v) is 5.93. The van der Waals surface area contributed by atoms with Crippen molar-refractivity contribution in [2.24, 2.45) is 0 Å². The monoisotopic (exact) mass is 511 g/mol. The van der Waals surface area contributed by atoms with Gasteiger partial charge < -0.3 is 14.2 Å². The molecule has 0 radical (unpaired) electrons. The summed E-state index contributed by atoms with van der Waals surface area (Å²) in [6, 6.07) is 20.2. The van der Waals surface area contributed by atoms with Crippen molar-refractivity contribution in [3.8, 4) is 29.0 Å². The number of methoxy groups -OCH3 is 1. The van der Waals surface area contributed by atoms with Crippen LogP contribution in [0.25, 0.3) is 16.6 Å². The van der Waals surface area contributed by atoms with E-state index in [2.05, 4.69) is 21.8 Å². The second kappa shape index (κ2) is 10.0. The molecule has 5 rings (SSSR count). The summed E-state index contributed by atoms with van der Waals surface area (Å²) in [7, 11) is 1.43. The second-order valence-corrected chi connectivity index (χ2v) is 8.44. The summed E-state index contributed by atoms with van der Waals surface area (Å²) in [5.41, 5.74) is 0.218. The molecule has 4 amide bonds. The van der Waals surface area contributed by atoms with E-state index in [1.807, 2.05) is 30.5 Å². The van der Waals surface area contributed by atoms with E-state index >= 15 is 0 Å². The fourth-order valence-electron chi connectivity index (χ4n) is 3.96. The number of rotatable bonds is 8. The SMILES string of the molecule is COCCC1(Oc2ccc(Oc3ccc4nn(-c5ccc(C#N)cc5)cc4c3)cc2)C(=O)NC(=O)NC1=O. The molecule has 190 valence electrons. The predicted octanol–water partition coefficient (Wildman–Crippen LogP) is 3.21. The van der Waals surface area contributed by atoms with Crippen molar-refractivity contribution in [1.82, 2.24) is 20.4 Å². The molecule has 4 aromatic rings. The van der Waals surface area contributed by atoms with Gasteiger partial charge in [-0.05, 0) is 66.7 Å². The van der Waals surface area contributed by atoms with E-state index in [1.54, 1.807) is 47.1 Å². The molecule has 0 atom stereocenters. The van der Waals surface area contributed by atoms with Crippen LogP contribution in [0.2, 0.25) is 0 Å². The van der Waals surface area contributed by atoms with E-state index in [1.165, 1.54) is 7.11 Å². The van der Waals surface area contributed by atoms with Gasteiger partial charge in [-0.2, -0.15) is 10.4 Å². The number of benzene rings is 3. The molecule has 11 heteroatoms. The number of fused-ring (bicyclic) bond motifs is 1. The Morgan fingerprint density at radius 1 is 0.921 bits per heavy atom. The first-order valence-electron chi connectivity index (χ1n) is 11.5. The molecule has 1 aliphatic heterocycles. The van der Waals surface area contributed by atoms with E-state index in [0.717, 1.165) is 16.6 Å². The molecule has 1 aliphatic rings. The Labute approximate surface area is 216 Å². The molecule has 0 unspecified atom stereocenters. The number of carbonyl (C=O) groups excluding carboxylic acids is 3. The van der Waals surface area contributed by atoms with Crippen LogP contribution >= 0.6 is 0 Å². The average molecular weight is 511 g/mol. The minimum Gasteiger partial charge on any atom is -0.467 e. The summed E-state index contributed by atoms with van der Waals surface area (Å²) >= 11 is 0. The first kappa shape index (κ1) is 24.5. The largest absolute Gasteiger partial charge is 0.467 e. The van der Waals surface area contributed by atoms with Gasteiger partial charge in [0.1, 0.15) is 17.2 Å². The van der Waals surface area contributed by atoms with Crippen LogP contribution in [-0.2, 0) is 14.3 Å². The fraction of sp³-hybridized carbons (Fsp3) is 0.148. The number of amides is 4. The molecular weight excluding hydrogens is 490 g/mol. The van der Waals surface area contributed by atoms with Crippen molar-refractivity contribution in [3.05, 3.63) is 78.5 Å². The van der Waals surface area contributed by atoms with Crippen LogP contribution < -0.4 is 20.1 Å². The molecule has 1 aromatic heterocycles. The number of imide groups is 2. The highest BCUT2D eigenvalue weighted by Crippen LogP contribution is 2.30. The predicted molar refractivity (Wildman–Crippen MR) is 134 cm³/mol. The Hall–Kier alpha value is -5.21. The maximum absolute atomic E-state index is 12.6. The van der Waals surface area contributed by atoms with Gasteiger partial charge in [-0.25, -0.2) is 9.48 Å². The summed E-state index contributed by atoms with van der Waals surface area (Å²) in [5.74, 6) is -0.425. The number of barbiturate groups is 1. The highest BCUT2D eigenvalue weighted by molar-refractivity contribution is 6.21. The third kappa shape index (κ3) is 4.76. The average Bonchev–Trinajstić information content (AvgIpc) is 3.35. The summed E-state index contributed by atoms with van der Waals surface area (Å²) < 4.78 is 18.5. The summed E-state index contributed by atoms with van der Waals surface area (Å²) in [5, 5.41) is 18.5. The third-order valence-electron chi connectivity index (χ3n) is 5.93. The molecule has 38 heavy (non-hydrogen) atoms. The van der Waals surface area contributed by atoms with E-state index in [-0.39, 0.29) is 18.8 Å². The van der Waals surface area contributed by atoms with Gasteiger partial charge in [-0.15, -0.1) is 0 Å². The standard InChI is InChI=1S/C27H21N5O6/c1-36-13-12-27(24(33)29-26(35)30-25(27)34)38-21-8-6-20(7-9-21)37-22-10-11-23-18(14-22)16-32(31-23)19-4-2-17(15-28)3-5-19/h2-11,14,16H,12-13H2,1H3,(H2,29,30,33,34,35). The second-order valence-electron chi connectivity index (χ2n) is 8.44. The molecule has 0 bridgehead atoms. The van der Waals surface area contributed by atoms with Crippen LogP contribution in [0.3, 0.4) is 0 Å². The zero-order chi connectivity index (χ0) is 26.7. The number of nitrogens with one attached hydrogen (secondary N) is 2.